The maximum atomic E-state index is 11.3. The van der Waals surface area contributed by atoms with E-state index in [-0.39, 0.29) is 5.56 Å². The molecular formula is C15H22ClN3O2. The zero-order valence-corrected chi connectivity index (χ0v) is 13.0. The molecule has 5 nitrogen and oxygen atoms in total. The predicted molar refractivity (Wildman–Crippen MR) is 86.2 cm³/mol. The molecule has 0 aliphatic carbocycles. The molecule has 21 heavy (non-hydrogen) atoms. The van der Waals surface area contributed by atoms with Gasteiger partial charge in [-0.05, 0) is 44.0 Å². The average molecular weight is 312 g/mol. The minimum Gasteiger partial charge on any atom is -0.478 e. The Morgan fingerprint density at radius 3 is 2.76 bits per heavy atom. The van der Waals surface area contributed by atoms with Crippen molar-refractivity contribution >= 4 is 28.9 Å². The summed E-state index contributed by atoms with van der Waals surface area (Å²) in [6.07, 6.45) is 2.54. The second-order valence-electron chi connectivity index (χ2n) is 5.72. The molecule has 0 spiro atoms. The molecule has 0 saturated carbocycles. The van der Waals surface area contributed by atoms with Crippen LogP contribution in [0.15, 0.2) is 12.1 Å². The lowest BCUT2D eigenvalue weighted by molar-refractivity contribution is 0.0698. The van der Waals surface area contributed by atoms with Crippen LogP contribution in [0.5, 0.6) is 0 Å². The van der Waals surface area contributed by atoms with Crippen molar-refractivity contribution in [3.63, 3.8) is 0 Å². The number of hydrogen-bond acceptors (Lipinski definition) is 4. The van der Waals surface area contributed by atoms with Gasteiger partial charge in [-0.1, -0.05) is 18.5 Å². The molecule has 0 amide bonds. The van der Waals surface area contributed by atoms with Crippen LogP contribution in [-0.2, 0) is 0 Å². The van der Waals surface area contributed by atoms with Crippen molar-refractivity contribution in [2.45, 2.75) is 19.8 Å². The Morgan fingerprint density at radius 2 is 2.14 bits per heavy atom. The Balaban J connectivity index is 2.00. The first-order valence-electron chi connectivity index (χ1n) is 7.26. The molecule has 0 aromatic heterocycles. The van der Waals surface area contributed by atoms with Crippen molar-refractivity contribution in [2.24, 2.45) is 5.92 Å². The van der Waals surface area contributed by atoms with Crippen LogP contribution in [0.4, 0.5) is 11.4 Å². The van der Waals surface area contributed by atoms with E-state index in [0.717, 1.165) is 19.6 Å². The van der Waals surface area contributed by atoms with Gasteiger partial charge in [-0.3, -0.25) is 0 Å². The number of anilines is 2. The van der Waals surface area contributed by atoms with Crippen molar-refractivity contribution in [1.82, 2.24) is 4.90 Å². The van der Waals surface area contributed by atoms with Crippen molar-refractivity contribution < 1.29 is 9.90 Å². The van der Waals surface area contributed by atoms with E-state index >= 15 is 0 Å². The number of carboxylic acid groups (broad SMARTS) is 1. The Bertz CT molecular complexity index is 516. The topological polar surface area (TPSA) is 78.6 Å². The number of nitrogen functional groups attached to an aromatic ring is 1. The molecule has 1 aliphatic rings. The number of nitrogens with two attached hydrogens (primary N) is 1. The van der Waals surface area contributed by atoms with Crippen LogP contribution in [0.25, 0.3) is 0 Å². The summed E-state index contributed by atoms with van der Waals surface area (Å²) in [4.78, 5) is 13.7. The summed E-state index contributed by atoms with van der Waals surface area (Å²) in [5.41, 5.74) is 6.57. The van der Waals surface area contributed by atoms with E-state index in [1.54, 1.807) is 6.07 Å². The van der Waals surface area contributed by atoms with Gasteiger partial charge in [0.15, 0.2) is 0 Å². The van der Waals surface area contributed by atoms with E-state index in [2.05, 4.69) is 17.1 Å². The molecule has 1 unspecified atom stereocenters. The van der Waals surface area contributed by atoms with Crippen LogP contribution in [0.1, 0.15) is 30.1 Å². The van der Waals surface area contributed by atoms with Crippen LogP contribution in [0.3, 0.4) is 0 Å². The number of likely N-dealkylation sites (tertiary alicyclic amines) is 1. The van der Waals surface area contributed by atoms with Crippen molar-refractivity contribution in [3.05, 3.63) is 22.7 Å². The van der Waals surface area contributed by atoms with Gasteiger partial charge in [0.1, 0.15) is 0 Å². The van der Waals surface area contributed by atoms with E-state index in [9.17, 15) is 9.90 Å². The van der Waals surface area contributed by atoms with Crippen LogP contribution >= 0.6 is 11.6 Å². The maximum absolute atomic E-state index is 11.3. The Labute approximate surface area is 130 Å². The lowest BCUT2D eigenvalue weighted by Gasteiger charge is -2.21. The fraction of sp³-hybridized carbons (Fsp3) is 0.533. The third-order valence-electron chi connectivity index (χ3n) is 3.74. The lowest BCUT2D eigenvalue weighted by Crippen LogP contribution is -2.29. The lowest BCUT2D eigenvalue weighted by atomic mass is 10.1. The molecule has 1 aromatic carbocycles. The van der Waals surface area contributed by atoms with Crippen LogP contribution in [-0.4, -0.2) is 42.2 Å². The summed E-state index contributed by atoms with van der Waals surface area (Å²) in [7, 11) is 0. The summed E-state index contributed by atoms with van der Waals surface area (Å²) in [6, 6.07) is 3.00. The number of nitrogens with one attached hydrogen (secondary N) is 1. The molecule has 6 heteroatoms. The minimum absolute atomic E-state index is 0.119. The molecule has 1 saturated heterocycles. The summed E-state index contributed by atoms with van der Waals surface area (Å²) in [6.45, 7) is 6.17. The van der Waals surface area contributed by atoms with Gasteiger partial charge in [0.05, 0.1) is 16.3 Å². The largest absolute Gasteiger partial charge is 0.478 e. The van der Waals surface area contributed by atoms with Crippen LogP contribution in [0.2, 0.25) is 5.02 Å². The number of aromatic carboxylic acids is 1. The van der Waals surface area contributed by atoms with Gasteiger partial charge in [-0.25, -0.2) is 4.79 Å². The Hall–Kier alpha value is -1.46. The quantitative estimate of drug-likeness (QED) is 0.704. The molecule has 1 atom stereocenters. The minimum atomic E-state index is -1.03. The number of nitrogens with zero attached hydrogens (tertiary/aromatic N) is 1. The monoisotopic (exact) mass is 311 g/mol. The first-order valence-corrected chi connectivity index (χ1v) is 7.63. The summed E-state index contributed by atoms with van der Waals surface area (Å²) in [5.74, 6) is -0.614. The highest BCUT2D eigenvalue weighted by Crippen LogP contribution is 2.29. The first-order chi connectivity index (χ1) is 9.97. The fourth-order valence-electron chi connectivity index (χ4n) is 2.72. The van der Waals surface area contributed by atoms with Crippen molar-refractivity contribution in [1.29, 1.82) is 0 Å². The Morgan fingerprint density at radius 1 is 1.48 bits per heavy atom. The molecule has 2 rings (SSSR count). The molecule has 1 fully saturated rings. The zero-order valence-electron chi connectivity index (χ0n) is 12.2. The van der Waals surface area contributed by atoms with E-state index in [1.165, 1.54) is 18.9 Å². The molecular weight excluding hydrogens is 290 g/mol. The van der Waals surface area contributed by atoms with Crippen LogP contribution in [0, 0.1) is 5.92 Å². The standard InChI is InChI=1S/C15H22ClN3O2/c1-10(9-19-4-2-3-5-19)8-18-14-12(15(20)21)6-11(17)7-13(14)16/h6-7,10,18H,2-5,8-9,17H2,1H3,(H,20,21). The molecule has 0 bridgehead atoms. The van der Waals surface area contributed by atoms with Gasteiger partial charge in [0.25, 0.3) is 0 Å². The first kappa shape index (κ1) is 15.9. The number of carbonyl (C=O) groups is 1. The summed E-state index contributed by atoms with van der Waals surface area (Å²) in [5, 5.41) is 12.8. The van der Waals surface area contributed by atoms with Gasteiger partial charge in [0, 0.05) is 18.8 Å². The third-order valence-corrected chi connectivity index (χ3v) is 4.04. The number of halogens is 1. The van der Waals surface area contributed by atoms with Gasteiger partial charge in [-0.15, -0.1) is 0 Å². The fourth-order valence-corrected chi connectivity index (χ4v) is 3.02. The average Bonchev–Trinajstić information content (AvgIpc) is 2.89. The highest BCUT2D eigenvalue weighted by Gasteiger charge is 2.17. The van der Waals surface area contributed by atoms with Gasteiger partial charge >= 0.3 is 5.97 Å². The smallest absolute Gasteiger partial charge is 0.337 e. The van der Waals surface area contributed by atoms with E-state index in [4.69, 9.17) is 17.3 Å². The van der Waals surface area contributed by atoms with E-state index in [0.29, 0.717) is 28.9 Å². The molecule has 4 N–H and O–H groups in total. The highest BCUT2D eigenvalue weighted by molar-refractivity contribution is 6.34. The van der Waals surface area contributed by atoms with Crippen molar-refractivity contribution in [3.8, 4) is 0 Å². The molecule has 1 aliphatic heterocycles. The van der Waals surface area contributed by atoms with Crippen molar-refractivity contribution in [2.75, 3.05) is 37.2 Å². The number of benzene rings is 1. The molecule has 1 heterocycles. The SMILES string of the molecule is CC(CNc1c(Cl)cc(N)cc1C(=O)O)CN1CCCC1. The molecule has 1 aromatic rings. The predicted octanol–water partition coefficient (Wildman–Crippen LogP) is 2.76. The zero-order chi connectivity index (χ0) is 15.4. The highest BCUT2D eigenvalue weighted by atomic mass is 35.5. The second-order valence-corrected chi connectivity index (χ2v) is 6.13. The number of hydrogen-bond donors (Lipinski definition) is 3. The molecule has 0 radical (unpaired) electrons. The van der Waals surface area contributed by atoms with E-state index in [1.807, 2.05) is 0 Å². The number of carboxylic acids is 1. The van der Waals surface area contributed by atoms with Crippen LogP contribution < -0.4 is 11.1 Å². The van der Waals surface area contributed by atoms with Gasteiger partial charge < -0.3 is 21.1 Å². The number of rotatable bonds is 6. The Kier molecular flexibility index (Phi) is 5.31. The molecule has 116 valence electrons. The third kappa shape index (κ3) is 4.25. The second kappa shape index (κ2) is 7.00. The normalized spacial score (nSPS) is 16.9. The summed E-state index contributed by atoms with van der Waals surface area (Å²) < 4.78 is 0. The van der Waals surface area contributed by atoms with Gasteiger partial charge in [0.2, 0.25) is 0 Å². The van der Waals surface area contributed by atoms with Gasteiger partial charge in [-0.2, -0.15) is 0 Å². The summed E-state index contributed by atoms with van der Waals surface area (Å²) >= 11 is 6.12. The maximum Gasteiger partial charge on any atom is 0.337 e. The van der Waals surface area contributed by atoms with E-state index < -0.39 is 5.97 Å².